The van der Waals surface area contributed by atoms with E-state index in [0.717, 1.165) is 14.8 Å². The Kier molecular flexibility index (Phi) is 5.83. The molecule has 1 aliphatic rings. The van der Waals surface area contributed by atoms with Crippen molar-refractivity contribution < 1.29 is 13.2 Å². The number of halogens is 1. The molecule has 2 amide bonds. The van der Waals surface area contributed by atoms with Crippen molar-refractivity contribution in [1.82, 2.24) is 9.21 Å². The van der Waals surface area contributed by atoms with Gasteiger partial charge in [-0.15, -0.1) is 0 Å². The van der Waals surface area contributed by atoms with Gasteiger partial charge in [-0.3, -0.25) is 0 Å². The van der Waals surface area contributed by atoms with E-state index in [4.69, 9.17) is 0 Å². The van der Waals surface area contributed by atoms with Crippen molar-refractivity contribution in [1.29, 1.82) is 0 Å². The Morgan fingerprint density at radius 3 is 2.23 bits per heavy atom. The van der Waals surface area contributed by atoms with Crippen molar-refractivity contribution in [3.05, 3.63) is 57.7 Å². The summed E-state index contributed by atoms with van der Waals surface area (Å²) in [7, 11) is -3.52. The molecule has 1 aliphatic heterocycles. The standard InChI is InChI=1S/C18H20IN3O3S/c1-14-6-8-15(9-7-14)26(24,25)22-12-10-21(11-13-22)18(23)20-17-5-3-2-4-16(17)19/h2-9H,10-13H2,1H3,(H,20,23). The molecule has 1 heterocycles. The van der Waals surface area contributed by atoms with Gasteiger partial charge in [-0.25, -0.2) is 13.2 Å². The highest BCUT2D eigenvalue weighted by Gasteiger charge is 2.30. The van der Waals surface area contributed by atoms with E-state index in [1.54, 1.807) is 29.2 Å². The average molecular weight is 485 g/mol. The molecule has 2 aromatic rings. The van der Waals surface area contributed by atoms with Crippen LogP contribution in [0.15, 0.2) is 53.4 Å². The number of nitrogens with one attached hydrogen (secondary N) is 1. The van der Waals surface area contributed by atoms with Gasteiger partial charge < -0.3 is 10.2 Å². The summed E-state index contributed by atoms with van der Waals surface area (Å²) in [6.45, 7) is 3.22. The molecule has 3 rings (SSSR count). The Morgan fingerprint density at radius 1 is 1.00 bits per heavy atom. The van der Waals surface area contributed by atoms with E-state index in [1.807, 2.05) is 31.2 Å². The van der Waals surface area contributed by atoms with Crippen LogP contribution in [0.25, 0.3) is 0 Å². The van der Waals surface area contributed by atoms with E-state index in [2.05, 4.69) is 27.9 Å². The minimum absolute atomic E-state index is 0.207. The summed E-state index contributed by atoms with van der Waals surface area (Å²) < 4.78 is 27.8. The molecule has 2 aromatic carbocycles. The number of para-hydroxylation sites is 1. The van der Waals surface area contributed by atoms with Crippen LogP contribution in [0.2, 0.25) is 0 Å². The molecule has 0 aromatic heterocycles. The quantitative estimate of drug-likeness (QED) is 0.680. The van der Waals surface area contributed by atoms with Crippen LogP contribution in [0.4, 0.5) is 10.5 Å². The Bertz CT molecular complexity index is 892. The van der Waals surface area contributed by atoms with Crippen molar-refractivity contribution in [2.75, 3.05) is 31.5 Å². The largest absolute Gasteiger partial charge is 0.322 e. The number of amides is 2. The number of hydrogen-bond donors (Lipinski definition) is 1. The minimum atomic E-state index is -3.52. The molecule has 138 valence electrons. The number of carbonyl (C=O) groups is 1. The zero-order chi connectivity index (χ0) is 18.7. The monoisotopic (exact) mass is 485 g/mol. The number of nitrogens with zero attached hydrogens (tertiary/aromatic N) is 2. The molecule has 0 atom stereocenters. The van der Waals surface area contributed by atoms with E-state index in [9.17, 15) is 13.2 Å². The second-order valence-corrected chi connectivity index (χ2v) is 9.21. The van der Waals surface area contributed by atoms with Crippen molar-refractivity contribution in [3.8, 4) is 0 Å². The third kappa shape index (κ3) is 4.18. The van der Waals surface area contributed by atoms with Crippen LogP contribution in [0, 0.1) is 10.5 Å². The van der Waals surface area contributed by atoms with Gasteiger partial charge >= 0.3 is 6.03 Å². The average Bonchev–Trinajstić information content (AvgIpc) is 2.64. The van der Waals surface area contributed by atoms with Crippen LogP contribution in [0.3, 0.4) is 0 Å². The van der Waals surface area contributed by atoms with Crippen LogP contribution in [-0.4, -0.2) is 49.8 Å². The number of aryl methyl sites for hydroxylation is 1. The summed E-state index contributed by atoms with van der Waals surface area (Å²) in [5.41, 5.74) is 1.77. The topological polar surface area (TPSA) is 69.7 Å². The van der Waals surface area contributed by atoms with Gasteiger partial charge in [-0.1, -0.05) is 29.8 Å². The molecule has 1 saturated heterocycles. The molecule has 1 N–H and O–H groups in total. The Hall–Kier alpha value is -1.65. The predicted octanol–water partition coefficient (Wildman–Crippen LogP) is 3.14. The van der Waals surface area contributed by atoms with Crippen LogP contribution in [-0.2, 0) is 10.0 Å². The summed E-state index contributed by atoms with van der Waals surface area (Å²) in [5, 5.41) is 2.88. The van der Waals surface area contributed by atoms with Gasteiger partial charge in [0, 0.05) is 29.7 Å². The molecule has 1 fully saturated rings. The Morgan fingerprint density at radius 2 is 1.62 bits per heavy atom. The van der Waals surface area contributed by atoms with Gasteiger partial charge in [0.05, 0.1) is 10.6 Å². The summed E-state index contributed by atoms with van der Waals surface area (Å²) in [6.07, 6.45) is 0. The van der Waals surface area contributed by atoms with Crippen molar-refractivity contribution in [3.63, 3.8) is 0 Å². The van der Waals surface area contributed by atoms with E-state index in [0.29, 0.717) is 18.0 Å². The number of carbonyl (C=O) groups excluding carboxylic acids is 1. The maximum absolute atomic E-state index is 12.7. The second kappa shape index (κ2) is 7.93. The highest BCUT2D eigenvalue weighted by molar-refractivity contribution is 14.1. The first-order valence-electron chi connectivity index (χ1n) is 8.25. The summed E-state index contributed by atoms with van der Waals surface area (Å²) in [4.78, 5) is 14.4. The number of sulfonamides is 1. The smallest absolute Gasteiger partial charge is 0.321 e. The van der Waals surface area contributed by atoms with Gasteiger partial charge in [0.2, 0.25) is 10.0 Å². The first-order chi connectivity index (χ1) is 12.4. The summed E-state index contributed by atoms with van der Waals surface area (Å²) >= 11 is 2.17. The maximum atomic E-state index is 12.7. The Labute approximate surface area is 167 Å². The lowest BCUT2D eigenvalue weighted by atomic mass is 10.2. The lowest BCUT2D eigenvalue weighted by Gasteiger charge is -2.34. The van der Waals surface area contributed by atoms with Crippen molar-refractivity contribution in [2.45, 2.75) is 11.8 Å². The van der Waals surface area contributed by atoms with Gasteiger partial charge in [0.25, 0.3) is 0 Å². The number of hydrogen-bond acceptors (Lipinski definition) is 3. The predicted molar refractivity (Wildman–Crippen MR) is 110 cm³/mol. The molecule has 6 nitrogen and oxygen atoms in total. The molecule has 0 bridgehead atoms. The lowest BCUT2D eigenvalue weighted by Crippen LogP contribution is -2.51. The van der Waals surface area contributed by atoms with E-state index >= 15 is 0 Å². The number of anilines is 1. The molecular formula is C18H20IN3O3S. The van der Waals surface area contributed by atoms with Crippen LogP contribution in [0.5, 0.6) is 0 Å². The second-order valence-electron chi connectivity index (χ2n) is 6.11. The highest BCUT2D eigenvalue weighted by atomic mass is 127. The van der Waals surface area contributed by atoms with Gasteiger partial charge in [0.15, 0.2) is 0 Å². The van der Waals surface area contributed by atoms with Gasteiger partial charge in [0.1, 0.15) is 0 Å². The number of urea groups is 1. The molecule has 0 aliphatic carbocycles. The third-order valence-corrected chi connectivity index (χ3v) is 7.15. The summed E-state index contributed by atoms with van der Waals surface area (Å²) in [6, 6.07) is 14.2. The van der Waals surface area contributed by atoms with Gasteiger partial charge in [-0.05, 0) is 53.8 Å². The number of rotatable bonds is 3. The molecule has 0 spiro atoms. The molecule has 0 saturated carbocycles. The molecular weight excluding hydrogens is 465 g/mol. The summed E-state index contributed by atoms with van der Waals surface area (Å²) in [5.74, 6) is 0. The SMILES string of the molecule is Cc1ccc(S(=O)(=O)N2CCN(C(=O)Nc3ccccc3I)CC2)cc1. The van der Waals surface area contributed by atoms with Crippen molar-refractivity contribution in [2.24, 2.45) is 0 Å². The van der Waals surface area contributed by atoms with E-state index in [-0.39, 0.29) is 19.1 Å². The fourth-order valence-corrected chi connectivity index (χ4v) is 4.69. The van der Waals surface area contributed by atoms with Crippen LogP contribution < -0.4 is 5.32 Å². The first-order valence-corrected chi connectivity index (χ1v) is 10.8. The normalized spacial score (nSPS) is 15.7. The zero-order valence-corrected chi connectivity index (χ0v) is 17.3. The van der Waals surface area contributed by atoms with E-state index < -0.39 is 10.0 Å². The highest BCUT2D eigenvalue weighted by Crippen LogP contribution is 2.20. The van der Waals surface area contributed by atoms with E-state index in [1.165, 1.54) is 4.31 Å². The zero-order valence-electron chi connectivity index (χ0n) is 14.4. The first kappa shape index (κ1) is 19.1. The fraction of sp³-hybridized carbons (Fsp3) is 0.278. The number of piperazine rings is 1. The third-order valence-electron chi connectivity index (χ3n) is 4.30. The maximum Gasteiger partial charge on any atom is 0.321 e. The molecule has 0 radical (unpaired) electrons. The Balaban J connectivity index is 1.62. The van der Waals surface area contributed by atoms with Crippen molar-refractivity contribution >= 4 is 44.3 Å². The number of benzene rings is 2. The molecule has 26 heavy (non-hydrogen) atoms. The molecule has 8 heteroatoms. The van der Waals surface area contributed by atoms with Crippen LogP contribution >= 0.6 is 22.6 Å². The van der Waals surface area contributed by atoms with Gasteiger partial charge in [-0.2, -0.15) is 4.31 Å². The lowest BCUT2D eigenvalue weighted by molar-refractivity contribution is 0.184. The fourth-order valence-electron chi connectivity index (χ4n) is 2.75. The minimum Gasteiger partial charge on any atom is -0.322 e. The van der Waals surface area contributed by atoms with Crippen LogP contribution in [0.1, 0.15) is 5.56 Å². The molecule has 0 unspecified atom stereocenters.